The molecule has 2 N–H and O–H groups in total. The second-order valence-electron chi connectivity index (χ2n) is 4.75. The molecule has 6 nitrogen and oxygen atoms in total. The Bertz CT molecular complexity index is 657. The molecule has 1 aromatic carbocycles. The highest BCUT2D eigenvalue weighted by atomic mass is 16.5. The number of hydrogen-bond donors (Lipinski definition) is 2. The van der Waals surface area contributed by atoms with Crippen molar-refractivity contribution >= 4 is 17.5 Å². The summed E-state index contributed by atoms with van der Waals surface area (Å²) >= 11 is 0. The van der Waals surface area contributed by atoms with Gasteiger partial charge in [0.1, 0.15) is 5.76 Å². The van der Waals surface area contributed by atoms with Crippen molar-refractivity contribution in [2.45, 2.75) is 27.3 Å². The molecule has 21 heavy (non-hydrogen) atoms. The molecule has 0 spiro atoms. The van der Waals surface area contributed by atoms with E-state index >= 15 is 0 Å². The number of hydrogen-bond acceptors (Lipinski definition) is 4. The summed E-state index contributed by atoms with van der Waals surface area (Å²) in [5, 5.41) is 9.24. The summed E-state index contributed by atoms with van der Waals surface area (Å²) in [6.45, 7) is 5.43. The lowest BCUT2D eigenvalue weighted by Gasteiger charge is -2.08. The van der Waals surface area contributed by atoms with Gasteiger partial charge in [0, 0.05) is 23.4 Å². The molecule has 0 aliphatic carbocycles. The van der Waals surface area contributed by atoms with Crippen LogP contribution in [0.25, 0.3) is 0 Å². The Hall–Kier alpha value is -2.63. The summed E-state index contributed by atoms with van der Waals surface area (Å²) in [4.78, 5) is 23.1. The highest BCUT2D eigenvalue weighted by molar-refractivity contribution is 5.96. The molecular formula is C15H17N3O3. The first kappa shape index (κ1) is 14.8. The Morgan fingerprint density at radius 3 is 2.67 bits per heavy atom. The smallest absolute Gasteiger partial charge is 0.319 e. The zero-order chi connectivity index (χ0) is 15.4. The highest BCUT2D eigenvalue weighted by Crippen LogP contribution is 2.13. The lowest BCUT2D eigenvalue weighted by atomic mass is 10.1. The first-order valence-electron chi connectivity index (χ1n) is 6.55. The topological polar surface area (TPSA) is 84.2 Å². The van der Waals surface area contributed by atoms with Crippen LogP contribution in [0.3, 0.4) is 0 Å². The third-order valence-electron chi connectivity index (χ3n) is 3.13. The zero-order valence-electron chi connectivity index (χ0n) is 12.2. The summed E-state index contributed by atoms with van der Waals surface area (Å²) in [6.07, 6.45) is 0. The van der Waals surface area contributed by atoms with Crippen molar-refractivity contribution in [2.75, 3.05) is 5.32 Å². The van der Waals surface area contributed by atoms with Gasteiger partial charge in [-0.15, -0.1) is 0 Å². The van der Waals surface area contributed by atoms with Crippen molar-refractivity contribution < 1.29 is 14.1 Å². The minimum atomic E-state index is -0.351. The molecule has 2 aromatic rings. The fourth-order valence-corrected chi connectivity index (χ4v) is 1.91. The second-order valence-corrected chi connectivity index (χ2v) is 4.75. The molecule has 0 saturated carbocycles. The van der Waals surface area contributed by atoms with Crippen LogP contribution >= 0.6 is 0 Å². The van der Waals surface area contributed by atoms with Gasteiger partial charge in [0.2, 0.25) is 0 Å². The van der Waals surface area contributed by atoms with Gasteiger partial charge >= 0.3 is 6.03 Å². The summed E-state index contributed by atoms with van der Waals surface area (Å²) in [6, 6.07) is 6.44. The van der Waals surface area contributed by atoms with Crippen LogP contribution in [-0.2, 0) is 6.54 Å². The van der Waals surface area contributed by atoms with Crippen LogP contribution in [0.4, 0.5) is 10.5 Å². The SMILES string of the molecule is CC(=O)c1cccc(NC(=O)NCc2c(C)noc2C)c1. The van der Waals surface area contributed by atoms with E-state index in [4.69, 9.17) is 4.52 Å². The van der Waals surface area contributed by atoms with Crippen molar-refractivity contribution in [3.8, 4) is 0 Å². The number of aryl methyl sites for hydroxylation is 2. The number of carbonyl (C=O) groups is 2. The summed E-state index contributed by atoms with van der Waals surface area (Å²) < 4.78 is 5.03. The van der Waals surface area contributed by atoms with Gasteiger partial charge in [-0.25, -0.2) is 4.79 Å². The number of carbonyl (C=O) groups excluding carboxylic acids is 2. The summed E-state index contributed by atoms with van der Waals surface area (Å²) in [5.41, 5.74) is 2.74. The molecule has 0 aliphatic rings. The quantitative estimate of drug-likeness (QED) is 0.847. The third kappa shape index (κ3) is 3.68. The molecule has 1 heterocycles. The Balaban J connectivity index is 1.96. The minimum absolute atomic E-state index is 0.0465. The Kier molecular flexibility index (Phi) is 4.37. The minimum Gasteiger partial charge on any atom is -0.361 e. The van der Waals surface area contributed by atoms with E-state index in [-0.39, 0.29) is 11.8 Å². The number of aromatic nitrogens is 1. The van der Waals surface area contributed by atoms with E-state index in [1.54, 1.807) is 31.2 Å². The van der Waals surface area contributed by atoms with Crippen molar-refractivity contribution in [3.05, 3.63) is 46.8 Å². The van der Waals surface area contributed by atoms with Crippen LogP contribution < -0.4 is 10.6 Å². The van der Waals surface area contributed by atoms with Crippen molar-refractivity contribution in [3.63, 3.8) is 0 Å². The fraction of sp³-hybridized carbons (Fsp3) is 0.267. The Morgan fingerprint density at radius 2 is 2.05 bits per heavy atom. The molecule has 0 unspecified atom stereocenters. The van der Waals surface area contributed by atoms with Gasteiger partial charge in [-0.05, 0) is 32.9 Å². The van der Waals surface area contributed by atoms with Crippen molar-refractivity contribution in [2.24, 2.45) is 0 Å². The zero-order valence-corrected chi connectivity index (χ0v) is 12.2. The summed E-state index contributed by atoms with van der Waals surface area (Å²) in [5.74, 6) is 0.640. The molecular weight excluding hydrogens is 270 g/mol. The molecule has 0 fully saturated rings. The van der Waals surface area contributed by atoms with E-state index in [2.05, 4.69) is 15.8 Å². The molecule has 0 saturated heterocycles. The lowest BCUT2D eigenvalue weighted by molar-refractivity contribution is 0.101. The van der Waals surface area contributed by atoms with E-state index < -0.39 is 0 Å². The van der Waals surface area contributed by atoms with Gasteiger partial charge in [-0.3, -0.25) is 4.79 Å². The standard InChI is InChI=1S/C15H17N3O3/c1-9-14(11(3)21-18-9)8-16-15(20)17-13-6-4-5-12(7-13)10(2)19/h4-7H,8H2,1-3H3,(H2,16,17,20). The molecule has 2 rings (SSSR count). The first-order valence-corrected chi connectivity index (χ1v) is 6.55. The molecule has 0 aliphatic heterocycles. The van der Waals surface area contributed by atoms with Gasteiger partial charge in [0.15, 0.2) is 5.78 Å². The van der Waals surface area contributed by atoms with E-state index in [1.807, 2.05) is 6.92 Å². The molecule has 0 atom stereocenters. The van der Waals surface area contributed by atoms with Crippen LogP contribution in [0.2, 0.25) is 0 Å². The van der Waals surface area contributed by atoms with Gasteiger partial charge in [-0.2, -0.15) is 0 Å². The van der Waals surface area contributed by atoms with Crippen LogP contribution in [0.1, 0.15) is 34.3 Å². The fourth-order valence-electron chi connectivity index (χ4n) is 1.91. The largest absolute Gasteiger partial charge is 0.361 e. The number of amides is 2. The van der Waals surface area contributed by atoms with Crippen LogP contribution in [0.15, 0.2) is 28.8 Å². The molecule has 6 heteroatoms. The molecule has 2 amide bonds. The maximum Gasteiger partial charge on any atom is 0.319 e. The normalized spacial score (nSPS) is 10.2. The number of nitrogens with zero attached hydrogens (tertiary/aromatic N) is 1. The molecule has 1 aromatic heterocycles. The van der Waals surface area contributed by atoms with E-state index in [9.17, 15) is 9.59 Å². The first-order chi connectivity index (χ1) is 9.97. The summed E-state index contributed by atoms with van der Waals surface area (Å²) in [7, 11) is 0. The van der Waals surface area contributed by atoms with Gasteiger partial charge in [0.25, 0.3) is 0 Å². The predicted octanol–water partition coefficient (Wildman–Crippen LogP) is 2.82. The number of Topliss-reactive ketones (excluding diaryl/α,β-unsaturated/α-hetero) is 1. The predicted molar refractivity (Wildman–Crippen MR) is 78.3 cm³/mol. The average Bonchev–Trinajstić information content (AvgIpc) is 2.76. The second kappa shape index (κ2) is 6.21. The number of urea groups is 1. The molecule has 0 bridgehead atoms. The van der Waals surface area contributed by atoms with Gasteiger partial charge in [-0.1, -0.05) is 17.3 Å². The van der Waals surface area contributed by atoms with Gasteiger partial charge < -0.3 is 15.2 Å². The van der Waals surface area contributed by atoms with Crippen LogP contribution in [0.5, 0.6) is 0 Å². The molecule has 110 valence electrons. The molecule has 0 radical (unpaired) electrons. The van der Waals surface area contributed by atoms with E-state index in [1.165, 1.54) is 6.92 Å². The van der Waals surface area contributed by atoms with Crippen molar-refractivity contribution in [1.29, 1.82) is 0 Å². The van der Waals surface area contributed by atoms with E-state index in [0.717, 1.165) is 11.3 Å². The Morgan fingerprint density at radius 1 is 1.29 bits per heavy atom. The van der Waals surface area contributed by atoms with E-state index in [0.29, 0.717) is 23.6 Å². The Labute approximate surface area is 122 Å². The third-order valence-corrected chi connectivity index (χ3v) is 3.13. The van der Waals surface area contributed by atoms with Crippen LogP contribution in [0, 0.1) is 13.8 Å². The maximum absolute atomic E-state index is 11.9. The number of anilines is 1. The average molecular weight is 287 g/mol. The highest BCUT2D eigenvalue weighted by Gasteiger charge is 2.10. The van der Waals surface area contributed by atoms with Crippen LogP contribution in [-0.4, -0.2) is 17.0 Å². The lowest BCUT2D eigenvalue weighted by Crippen LogP contribution is -2.28. The number of nitrogens with one attached hydrogen (secondary N) is 2. The number of rotatable bonds is 4. The number of ketones is 1. The maximum atomic E-state index is 11.9. The number of benzene rings is 1. The van der Waals surface area contributed by atoms with Gasteiger partial charge in [0.05, 0.1) is 5.69 Å². The van der Waals surface area contributed by atoms with Crippen molar-refractivity contribution in [1.82, 2.24) is 10.5 Å². The monoisotopic (exact) mass is 287 g/mol.